The van der Waals surface area contributed by atoms with Crippen LogP contribution in [0.3, 0.4) is 0 Å². The van der Waals surface area contributed by atoms with Crippen LogP contribution in [0.15, 0.2) is 54.9 Å². The second-order valence-electron chi connectivity index (χ2n) is 7.94. The third-order valence-corrected chi connectivity index (χ3v) is 6.02. The van der Waals surface area contributed by atoms with Gasteiger partial charge in [0.2, 0.25) is 0 Å². The molecule has 3 aliphatic heterocycles. The van der Waals surface area contributed by atoms with Gasteiger partial charge in [-0.1, -0.05) is 12.1 Å². The van der Waals surface area contributed by atoms with Gasteiger partial charge in [0.05, 0.1) is 5.69 Å². The molecule has 2 atom stereocenters. The number of nitrogens with zero attached hydrogens (tertiary/aromatic N) is 3. The molecule has 3 fully saturated rings. The summed E-state index contributed by atoms with van der Waals surface area (Å²) in [6.45, 7) is 5.66. The first kappa shape index (κ1) is 16.0. The van der Waals surface area contributed by atoms with Crippen LogP contribution in [-0.2, 0) is 13.1 Å². The van der Waals surface area contributed by atoms with E-state index in [0.29, 0.717) is 6.04 Å². The summed E-state index contributed by atoms with van der Waals surface area (Å²) in [5, 5.41) is 1.32. The highest BCUT2D eigenvalue weighted by Crippen LogP contribution is 2.30. The zero-order valence-corrected chi connectivity index (χ0v) is 15.1. The van der Waals surface area contributed by atoms with Crippen LogP contribution in [0, 0.1) is 5.92 Å². The van der Waals surface area contributed by atoms with Crippen molar-refractivity contribution in [2.45, 2.75) is 32.0 Å². The fraction of sp³-hybridized carbons (Fsp3) is 0.409. The summed E-state index contributed by atoms with van der Waals surface area (Å²) in [5.41, 5.74) is 3.85. The lowest BCUT2D eigenvalue weighted by Gasteiger charge is -2.36. The van der Waals surface area contributed by atoms with Crippen molar-refractivity contribution in [3.63, 3.8) is 0 Å². The molecule has 2 bridgehead atoms. The molecule has 0 radical (unpaired) electrons. The van der Waals surface area contributed by atoms with E-state index in [1.807, 2.05) is 18.5 Å². The third kappa shape index (κ3) is 3.27. The molecule has 134 valence electrons. The molecule has 0 amide bonds. The lowest BCUT2D eigenvalue weighted by molar-refractivity contribution is 0.123. The van der Waals surface area contributed by atoms with E-state index in [2.05, 4.69) is 56.2 Å². The molecule has 4 heteroatoms. The first-order chi connectivity index (χ1) is 12.8. The highest BCUT2D eigenvalue weighted by Gasteiger charge is 2.34. The largest absolute Gasteiger partial charge is 0.361 e. The van der Waals surface area contributed by atoms with Gasteiger partial charge in [-0.05, 0) is 60.0 Å². The van der Waals surface area contributed by atoms with Gasteiger partial charge in [0.25, 0.3) is 0 Å². The minimum absolute atomic E-state index is 0.666. The van der Waals surface area contributed by atoms with E-state index in [9.17, 15) is 0 Å². The number of aromatic nitrogens is 2. The summed E-state index contributed by atoms with van der Waals surface area (Å²) >= 11 is 0. The van der Waals surface area contributed by atoms with Gasteiger partial charge in [-0.3, -0.25) is 14.8 Å². The number of nitrogens with one attached hydrogen (secondary N) is 1. The Kier molecular flexibility index (Phi) is 4.23. The molecule has 0 saturated carbocycles. The number of H-pyrrole nitrogens is 1. The highest BCUT2D eigenvalue weighted by molar-refractivity contribution is 5.79. The van der Waals surface area contributed by atoms with E-state index < -0.39 is 0 Å². The van der Waals surface area contributed by atoms with Gasteiger partial charge in [-0.25, -0.2) is 0 Å². The number of pyridine rings is 1. The Labute approximate surface area is 154 Å². The van der Waals surface area contributed by atoms with Crippen LogP contribution < -0.4 is 0 Å². The van der Waals surface area contributed by atoms with Crippen LogP contribution in [-0.4, -0.2) is 45.4 Å². The fourth-order valence-electron chi connectivity index (χ4n) is 4.76. The van der Waals surface area contributed by atoms with Gasteiger partial charge in [0, 0.05) is 56.7 Å². The van der Waals surface area contributed by atoms with E-state index >= 15 is 0 Å². The molecular formula is C22H26N4. The molecule has 26 heavy (non-hydrogen) atoms. The number of hydrogen-bond acceptors (Lipinski definition) is 3. The van der Waals surface area contributed by atoms with E-state index in [0.717, 1.165) is 19.0 Å². The van der Waals surface area contributed by atoms with Crippen LogP contribution in [0.25, 0.3) is 10.9 Å². The third-order valence-electron chi connectivity index (χ3n) is 6.02. The lowest BCUT2D eigenvalue weighted by atomic mass is 9.94. The van der Waals surface area contributed by atoms with Crippen molar-refractivity contribution >= 4 is 10.9 Å². The minimum Gasteiger partial charge on any atom is -0.361 e. The molecule has 2 aromatic heterocycles. The van der Waals surface area contributed by atoms with Crippen molar-refractivity contribution in [2.75, 3.05) is 19.6 Å². The SMILES string of the molecule is c1ccc(CN2C[C@H]3CC[C@@H](C2)N(Cc2ccc4[nH]ccc4c2)C3)nc1. The fourth-order valence-corrected chi connectivity index (χ4v) is 4.76. The number of piperidine rings is 1. The summed E-state index contributed by atoms with van der Waals surface area (Å²) in [4.78, 5) is 13.2. The maximum Gasteiger partial charge on any atom is 0.0543 e. The standard InChI is InChI=1S/C22H26N4/c1-2-9-23-20(3-1)15-25-12-18-4-6-21(16-25)26(14-18)13-17-5-7-22-19(11-17)8-10-24-22/h1-3,5,7-11,18,21,24H,4,6,12-16H2/t18-,21+/m1/s1. The molecule has 6 rings (SSSR count). The van der Waals surface area contributed by atoms with E-state index in [1.54, 1.807) is 0 Å². The zero-order chi connectivity index (χ0) is 17.3. The summed E-state index contributed by atoms with van der Waals surface area (Å²) in [6, 6.07) is 15.9. The second-order valence-corrected chi connectivity index (χ2v) is 7.94. The van der Waals surface area contributed by atoms with Gasteiger partial charge < -0.3 is 4.98 Å². The maximum atomic E-state index is 4.53. The first-order valence-corrected chi connectivity index (χ1v) is 9.76. The molecule has 1 N–H and O–H groups in total. The highest BCUT2D eigenvalue weighted by atomic mass is 15.3. The first-order valence-electron chi connectivity index (χ1n) is 9.76. The topological polar surface area (TPSA) is 35.2 Å². The monoisotopic (exact) mass is 346 g/mol. The molecule has 5 heterocycles. The molecule has 0 aliphatic carbocycles. The minimum atomic E-state index is 0.666. The maximum absolute atomic E-state index is 4.53. The number of rotatable bonds is 4. The van der Waals surface area contributed by atoms with Crippen LogP contribution in [0.5, 0.6) is 0 Å². The summed E-state index contributed by atoms with van der Waals surface area (Å²) in [7, 11) is 0. The molecular weight excluding hydrogens is 320 g/mol. The van der Waals surface area contributed by atoms with E-state index in [-0.39, 0.29) is 0 Å². The number of fused-ring (bicyclic) bond motifs is 5. The number of aromatic amines is 1. The van der Waals surface area contributed by atoms with Gasteiger partial charge >= 0.3 is 0 Å². The van der Waals surface area contributed by atoms with Crippen molar-refractivity contribution in [1.82, 2.24) is 19.8 Å². The van der Waals surface area contributed by atoms with Gasteiger partial charge in [0.1, 0.15) is 0 Å². The Bertz CT molecular complexity index is 872. The molecule has 4 nitrogen and oxygen atoms in total. The van der Waals surface area contributed by atoms with Crippen molar-refractivity contribution in [1.29, 1.82) is 0 Å². The van der Waals surface area contributed by atoms with Gasteiger partial charge in [0.15, 0.2) is 0 Å². The molecule has 0 spiro atoms. The smallest absolute Gasteiger partial charge is 0.0543 e. The molecule has 3 aromatic rings. The molecule has 3 aliphatic rings. The molecule has 1 aromatic carbocycles. The summed E-state index contributed by atoms with van der Waals surface area (Å²) < 4.78 is 0. The quantitative estimate of drug-likeness (QED) is 0.783. The zero-order valence-electron chi connectivity index (χ0n) is 15.1. The van der Waals surface area contributed by atoms with Crippen LogP contribution in [0.2, 0.25) is 0 Å². The van der Waals surface area contributed by atoms with E-state index in [1.165, 1.54) is 54.6 Å². The van der Waals surface area contributed by atoms with Crippen molar-refractivity contribution in [3.05, 3.63) is 66.1 Å². The van der Waals surface area contributed by atoms with Crippen LogP contribution in [0.4, 0.5) is 0 Å². The summed E-state index contributed by atoms with van der Waals surface area (Å²) in [5.74, 6) is 0.786. The van der Waals surface area contributed by atoms with Crippen molar-refractivity contribution < 1.29 is 0 Å². The number of benzene rings is 1. The Hall–Kier alpha value is -2.17. The Morgan fingerprint density at radius 1 is 1.00 bits per heavy atom. The van der Waals surface area contributed by atoms with Crippen LogP contribution >= 0.6 is 0 Å². The predicted molar refractivity (Wildman–Crippen MR) is 105 cm³/mol. The van der Waals surface area contributed by atoms with E-state index in [4.69, 9.17) is 0 Å². The second kappa shape index (κ2) is 6.86. The normalized spacial score (nSPS) is 24.2. The molecule has 0 unspecified atom stereocenters. The summed E-state index contributed by atoms with van der Waals surface area (Å²) in [6.07, 6.45) is 6.63. The lowest BCUT2D eigenvalue weighted by Crippen LogP contribution is -2.43. The average Bonchev–Trinajstić information content (AvgIpc) is 2.96. The van der Waals surface area contributed by atoms with Crippen molar-refractivity contribution in [3.8, 4) is 0 Å². The Balaban J connectivity index is 1.30. The number of hydrogen-bond donors (Lipinski definition) is 1. The van der Waals surface area contributed by atoms with Gasteiger partial charge in [-0.2, -0.15) is 0 Å². The average molecular weight is 346 g/mol. The van der Waals surface area contributed by atoms with Gasteiger partial charge in [-0.15, -0.1) is 0 Å². The Morgan fingerprint density at radius 3 is 2.92 bits per heavy atom. The van der Waals surface area contributed by atoms with Crippen LogP contribution in [0.1, 0.15) is 24.1 Å². The van der Waals surface area contributed by atoms with Crippen molar-refractivity contribution in [2.24, 2.45) is 5.92 Å². The Morgan fingerprint density at radius 2 is 2.00 bits per heavy atom. The predicted octanol–water partition coefficient (Wildman–Crippen LogP) is 3.66. The molecule has 3 saturated heterocycles.